The molecule has 2 N–H and O–H groups in total. The zero-order valence-corrected chi connectivity index (χ0v) is 13.6. The van der Waals surface area contributed by atoms with Gasteiger partial charge in [-0.25, -0.2) is 4.98 Å². The Balaban J connectivity index is 1.84. The Morgan fingerprint density at radius 1 is 1.36 bits per heavy atom. The monoisotopic (exact) mass is 357 g/mol. The van der Waals surface area contributed by atoms with Crippen LogP contribution in [0.2, 0.25) is 0 Å². The molecule has 2 aromatic heterocycles. The number of rotatable bonds is 3. The van der Waals surface area contributed by atoms with Crippen LogP contribution in [0.4, 0.5) is 19.1 Å². The van der Waals surface area contributed by atoms with Crippen molar-refractivity contribution in [3.05, 3.63) is 22.1 Å². The van der Waals surface area contributed by atoms with E-state index in [2.05, 4.69) is 20.4 Å². The molecular formula is C15H18F3N5O2. The third kappa shape index (κ3) is 3.52. The maximum absolute atomic E-state index is 13.1. The summed E-state index contributed by atoms with van der Waals surface area (Å²) in [7, 11) is 0. The number of aromatic amines is 1. The molecule has 10 heteroatoms. The van der Waals surface area contributed by atoms with Crippen LogP contribution < -0.4 is 10.9 Å². The SMILES string of the molecule is CCc1cc(=O)n2[nH]c(NC(=O)[C@@H]3CCCC[C@H]3C(F)(F)F)nc2n1. The number of nitrogens with zero attached hydrogens (tertiary/aromatic N) is 3. The van der Waals surface area contributed by atoms with Crippen molar-refractivity contribution in [2.45, 2.75) is 45.2 Å². The standard InChI is InChI=1S/C15H18F3N5O2/c1-2-8-7-11(24)23-14(19-8)21-13(22-23)20-12(25)9-5-3-4-6-10(9)15(16,17)18/h7,9-10H,2-6H2,1H3,(H2,19,20,21,22,25)/t9-,10-/m1/s1. The Morgan fingerprint density at radius 3 is 2.76 bits per heavy atom. The van der Waals surface area contributed by atoms with Crippen LogP contribution in [0.25, 0.3) is 5.78 Å². The number of hydrogen-bond acceptors (Lipinski definition) is 4. The highest BCUT2D eigenvalue weighted by Gasteiger charge is 2.48. The fourth-order valence-electron chi connectivity index (χ4n) is 3.21. The molecule has 0 aliphatic heterocycles. The van der Waals surface area contributed by atoms with E-state index in [9.17, 15) is 22.8 Å². The quantitative estimate of drug-likeness (QED) is 0.882. The molecule has 0 spiro atoms. The summed E-state index contributed by atoms with van der Waals surface area (Å²) in [6.45, 7) is 1.83. The average molecular weight is 357 g/mol. The van der Waals surface area contributed by atoms with Crippen molar-refractivity contribution in [1.29, 1.82) is 0 Å². The highest BCUT2D eigenvalue weighted by Crippen LogP contribution is 2.41. The lowest BCUT2D eigenvalue weighted by Crippen LogP contribution is -2.39. The number of alkyl halides is 3. The second kappa shape index (κ2) is 6.49. The van der Waals surface area contributed by atoms with Gasteiger partial charge >= 0.3 is 6.18 Å². The minimum atomic E-state index is -4.41. The average Bonchev–Trinajstić information content (AvgIpc) is 2.97. The Hall–Kier alpha value is -2.39. The molecule has 25 heavy (non-hydrogen) atoms. The van der Waals surface area contributed by atoms with Gasteiger partial charge in [-0.3, -0.25) is 20.0 Å². The van der Waals surface area contributed by atoms with E-state index >= 15 is 0 Å². The van der Waals surface area contributed by atoms with Gasteiger partial charge in [0.2, 0.25) is 11.9 Å². The topological polar surface area (TPSA) is 92.2 Å². The number of carbonyl (C=O) groups excluding carboxylic acids is 1. The van der Waals surface area contributed by atoms with E-state index in [-0.39, 0.29) is 24.6 Å². The second-order valence-electron chi connectivity index (χ2n) is 6.18. The Labute approximate surface area is 140 Å². The molecule has 7 nitrogen and oxygen atoms in total. The van der Waals surface area contributed by atoms with Crippen molar-refractivity contribution >= 4 is 17.6 Å². The number of aryl methyl sites for hydroxylation is 1. The number of nitrogens with one attached hydrogen (secondary N) is 2. The summed E-state index contributed by atoms with van der Waals surface area (Å²) in [5.74, 6) is -3.58. The molecule has 1 amide bonds. The van der Waals surface area contributed by atoms with Crippen LogP contribution in [0.3, 0.4) is 0 Å². The second-order valence-corrected chi connectivity index (χ2v) is 6.18. The molecule has 0 saturated heterocycles. The van der Waals surface area contributed by atoms with Gasteiger partial charge in [0.05, 0.1) is 5.92 Å². The van der Waals surface area contributed by atoms with Crippen LogP contribution in [0.5, 0.6) is 0 Å². The number of anilines is 1. The molecule has 1 aliphatic rings. The van der Waals surface area contributed by atoms with Gasteiger partial charge in [-0.05, 0) is 19.3 Å². The van der Waals surface area contributed by atoms with E-state index in [4.69, 9.17) is 0 Å². The molecule has 2 aromatic rings. The summed E-state index contributed by atoms with van der Waals surface area (Å²) >= 11 is 0. The van der Waals surface area contributed by atoms with E-state index in [0.717, 1.165) is 4.52 Å². The Kier molecular flexibility index (Phi) is 4.53. The zero-order chi connectivity index (χ0) is 18.2. The molecule has 1 saturated carbocycles. The Bertz CT molecular complexity index is 842. The van der Waals surface area contributed by atoms with Crippen LogP contribution in [-0.2, 0) is 11.2 Å². The predicted molar refractivity (Wildman–Crippen MR) is 83.1 cm³/mol. The molecule has 3 rings (SSSR count). The van der Waals surface area contributed by atoms with Crippen LogP contribution in [0, 0.1) is 11.8 Å². The summed E-state index contributed by atoms with van der Waals surface area (Å²) in [6, 6.07) is 1.33. The summed E-state index contributed by atoms with van der Waals surface area (Å²) < 4.78 is 40.4. The van der Waals surface area contributed by atoms with Crippen LogP contribution in [-0.4, -0.2) is 31.7 Å². The lowest BCUT2D eigenvalue weighted by atomic mass is 9.78. The van der Waals surface area contributed by atoms with Crippen LogP contribution in [0.15, 0.2) is 10.9 Å². The first-order valence-electron chi connectivity index (χ1n) is 8.16. The lowest BCUT2D eigenvalue weighted by molar-refractivity contribution is -0.197. The van der Waals surface area contributed by atoms with Gasteiger partial charge in [0.1, 0.15) is 0 Å². The molecule has 0 radical (unpaired) electrons. The highest BCUT2D eigenvalue weighted by molar-refractivity contribution is 5.91. The first-order chi connectivity index (χ1) is 11.8. The first-order valence-corrected chi connectivity index (χ1v) is 8.16. The van der Waals surface area contributed by atoms with Crippen molar-refractivity contribution < 1.29 is 18.0 Å². The molecule has 0 bridgehead atoms. The number of H-pyrrole nitrogens is 1. The molecule has 2 atom stereocenters. The molecule has 0 unspecified atom stereocenters. The largest absolute Gasteiger partial charge is 0.392 e. The minimum absolute atomic E-state index is 0.0530. The van der Waals surface area contributed by atoms with E-state index in [1.54, 1.807) is 0 Å². The first kappa shape index (κ1) is 17.4. The van der Waals surface area contributed by atoms with E-state index in [1.165, 1.54) is 6.07 Å². The number of amides is 1. The smallest absolute Gasteiger partial charge is 0.295 e. The Morgan fingerprint density at radius 2 is 2.08 bits per heavy atom. The predicted octanol–water partition coefficient (Wildman–Crippen LogP) is 2.29. The molecule has 0 aromatic carbocycles. The maximum atomic E-state index is 13.1. The number of hydrogen-bond donors (Lipinski definition) is 2. The highest BCUT2D eigenvalue weighted by atomic mass is 19.4. The van der Waals surface area contributed by atoms with Gasteiger partial charge in [-0.2, -0.15) is 22.7 Å². The van der Waals surface area contributed by atoms with E-state index < -0.39 is 29.5 Å². The third-order valence-electron chi connectivity index (χ3n) is 4.51. The lowest BCUT2D eigenvalue weighted by Gasteiger charge is -2.31. The number of halogens is 3. The van der Waals surface area contributed by atoms with Crippen molar-refractivity contribution in [1.82, 2.24) is 19.6 Å². The molecule has 1 fully saturated rings. The summed E-state index contributed by atoms with van der Waals surface area (Å²) in [5.41, 5.74) is 0.138. The van der Waals surface area contributed by atoms with Gasteiger partial charge in [-0.15, -0.1) is 0 Å². The maximum Gasteiger partial charge on any atom is 0.392 e. The van der Waals surface area contributed by atoms with Crippen molar-refractivity contribution in [3.8, 4) is 0 Å². The summed E-state index contributed by atoms with van der Waals surface area (Å²) in [4.78, 5) is 32.4. The van der Waals surface area contributed by atoms with Crippen LogP contribution in [0.1, 0.15) is 38.3 Å². The third-order valence-corrected chi connectivity index (χ3v) is 4.51. The van der Waals surface area contributed by atoms with Crippen molar-refractivity contribution in [2.75, 3.05) is 5.32 Å². The molecule has 2 heterocycles. The van der Waals surface area contributed by atoms with Gasteiger partial charge in [0, 0.05) is 17.7 Å². The number of fused-ring (bicyclic) bond motifs is 1. The van der Waals surface area contributed by atoms with E-state index in [1.807, 2.05) is 6.92 Å². The summed E-state index contributed by atoms with van der Waals surface area (Å²) in [5, 5.41) is 4.92. The van der Waals surface area contributed by atoms with Crippen molar-refractivity contribution in [3.63, 3.8) is 0 Å². The minimum Gasteiger partial charge on any atom is -0.295 e. The van der Waals surface area contributed by atoms with Gasteiger partial charge in [-0.1, -0.05) is 19.8 Å². The van der Waals surface area contributed by atoms with Gasteiger partial charge in [0.25, 0.3) is 11.3 Å². The van der Waals surface area contributed by atoms with Crippen LogP contribution >= 0.6 is 0 Å². The normalized spacial score (nSPS) is 21.4. The number of aromatic nitrogens is 4. The van der Waals surface area contributed by atoms with Gasteiger partial charge < -0.3 is 0 Å². The number of carbonyl (C=O) groups is 1. The zero-order valence-electron chi connectivity index (χ0n) is 13.6. The fraction of sp³-hybridized carbons (Fsp3) is 0.600. The van der Waals surface area contributed by atoms with E-state index in [0.29, 0.717) is 25.0 Å². The molecule has 136 valence electrons. The van der Waals surface area contributed by atoms with Crippen molar-refractivity contribution in [2.24, 2.45) is 11.8 Å². The van der Waals surface area contributed by atoms with Gasteiger partial charge in [0.15, 0.2) is 0 Å². The molecule has 1 aliphatic carbocycles. The fourth-order valence-corrected chi connectivity index (χ4v) is 3.21. The summed E-state index contributed by atoms with van der Waals surface area (Å²) in [6.07, 6.45) is -2.72. The molecular weight excluding hydrogens is 339 g/mol.